The Morgan fingerprint density at radius 1 is 0.821 bits per heavy atom. The molecule has 4 rings (SSSR count). The summed E-state index contributed by atoms with van der Waals surface area (Å²) in [5.74, 6) is -0.804. The highest BCUT2D eigenvalue weighted by Gasteiger charge is 2.51. The summed E-state index contributed by atoms with van der Waals surface area (Å²) in [6.07, 6.45) is 1.45. The Labute approximate surface area is 169 Å². The van der Waals surface area contributed by atoms with E-state index in [0.717, 1.165) is 23.1 Å². The van der Waals surface area contributed by atoms with Crippen molar-refractivity contribution in [3.05, 3.63) is 108 Å². The van der Waals surface area contributed by atoms with Gasteiger partial charge in [-0.3, -0.25) is 5.32 Å². The van der Waals surface area contributed by atoms with E-state index in [4.69, 9.17) is 0 Å². The van der Waals surface area contributed by atoms with Gasteiger partial charge in [-0.15, -0.1) is 11.8 Å². The molecule has 0 amide bonds. The average molecular weight is 390 g/mol. The van der Waals surface area contributed by atoms with Crippen LogP contribution in [0.2, 0.25) is 0 Å². The highest BCUT2D eigenvalue weighted by Crippen LogP contribution is 2.54. The molecule has 2 N–H and O–H groups in total. The largest absolute Gasteiger partial charge is 0.479 e. The quantitative estimate of drug-likeness (QED) is 0.590. The van der Waals surface area contributed by atoms with Crippen molar-refractivity contribution in [2.45, 2.75) is 22.5 Å². The SMILES string of the molecule is O=C(O)[C@]1(SC(c2ccccc2)(c2ccccc2)c2ccccc2)CCCN1. The van der Waals surface area contributed by atoms with Crippen LogP contribution in [0.1, 0.15) is 29.5 Å². The summed E-state index contributed by atoms with van der Waals surface area (Å²) < 4.78 is -0.639. The molecule has 0 aromatic heterocycles. The van der Waals surface area contributed by atoms with Crippen molar-refractivity contribution in [3.63, 3.8) is 0 Å². The van der Waals surface area contributed by atoms with Crippen molar-refractivity contribution < 1.29 is 9.90 Å². The third kappa shape index (κ3) is 3.23. The Morgan fingerprint density at radius 2 is 1.25 bits per heavy atom. The maximum absolute atomic E-state index is 12.4. The third-order valence-corrected chi connectivity index (χ3v) is 7.21. The predicted octanol–water partition coefficient (Wildman–Crippen LogP) is 4.88. The van der Waals surface area contributed by atoms with Crippen LogP contribution in [-0.4, -0.2) is 22.5 Å². The molecule has 0 unspecified atom stereocenters. The lowest BCUT2D eigenvalue weighted by Gasteiger charge is -2.41. The molecule has 28 heavy (non-hydrogen) atoms. The van der Waals surface area contributed by atoms with E-state index in [1.54, 1.807) is 0 Å². The Balaban J connectivity index is 2.00. The normalized spacial score (nSPS) is 19.4. The van der Waals surface area contributed by atoms with E-state index >= 15 is 0 Å². The zero-order chi connectivity index (χ0) is 19.5. The second kappa shape index (κ2) is 7.82. The second-order valence-corrected chi connectivity index (χ2v) is 8.56. The summed E-state index contributed by atoms with van der Waals surface area (Å²) in [6.45, 7) is 0.716. The lowest BCUT2D eigenvalue weighted by atomic mass is 9.84. The van der Waals surface area contributed by atoms with Crippen LogP contribution in [0, 0.1) is 0 Å². The first-order chi connectivity index (χ1) is 13.7. The molecule has 0 radical (unpaired) electrons. The van der Waals surface area contributed by atoms with Crippen LogP contribution >= 0.6 is 11.8 Å². The number of hydrogen-bond acceptors (Lipinski definition) is 3. The molecule has 1 aliphatic rings. The van der Waals surface area contributed by atoms with Gasteiger partial charge in [0.2, 0.25) is 0 Å². The monoisotopic (exact) mass is 389 g/mol. The van der Waals surface area contributed by atoms with Gasteiger partial charge in [-0.2, -0.15) is 0 Å². The summed E-state index contributed by atoms with van der Waals surface area (Å²) in [7, 11) is 0. The van der Waals surface area contributed by atoms with Gasteiger partial charge in [0.15, 0.2) is 4.87 Å². The number of thioether (sulfide) groups is 1. The van der Waals surface area contributed by atoms with E-state index in [0.29, 0.717) is 13.0 Å². The first kappa shape index (κ1) is 18.8. The molecule has 1 atom stereocenters. The topological polar surface area (TPSA) is 49.3 Å². The molecule has 3 nitrogen and oxygen atoms in total. The average Bonchev–Trinajstić information content (AvgIpc) is 3.24. The lowest BCUT2D eigenvalue weighted by molar-refractivity contribution is -0.140. The van der Waals surface area contributed by atoms with Crippen molar-refractivity contribution in [3.8, 4) is 0 Å². The van der Waals surface area contributed by atoms with E-state index in [9.17, 15) is 9.90 Å². The van der Waals surface area contributed by atoms with Crippen LogP contribution in [0.25, 0.3) is 0 Å². The number of carboxylic acid groups (broad SMARTS) is 1. The maximum Gasteiger partial charge on any atom is 0.334 e. The Bertz CT molecular complexity index is 826. The van der Waals surface area contributed by atoms with Crippen LogP contribution in [0.4, 0.5) is 0 Å². The number of benzene rings is 3. The molecule has 1 fully saturated rings. The van der Waals surface area contributed by atoms with Crippen LogP contribution in [0.5, 0.6) is 0 Å². The smallest absolute Gasteiger partial charge is 0.334 e. The standard InChI is InChI=1S/C24H23NO2S/c26-22(27)23(17-10-18-25-23)28-24(19-11-4-1-5-12-19,20-13-6-2-7-14-20)21-15-8-3-9-16-21/h1-9,11-16,25H,10,17-18H2,(H,26,27)/t23-/m1/s1. The fourth-order valence-corrected chi connectivity index (χ4v) is 5.78. The molecule has 0 saturated carbocycles. The van der Waals surface area contributed by atoms with Gasteiger partial charge in [-0.1, -0.05) is 91.0 Å². The van der Waals surface area contributed by atoms with E-state index < -0.39 is 15.6 Å². The Hall–Kier alpha value is -2.56. The van der Waals surface area contributed by atoms with Gasteiger partial charge in [0.25, 0.3) is 0 Å². The molecule has 0 spiro atoms. The van der Waals surface area contributed by atoms with E-state index in [2.05, 4.69) is 41.7 Å². The first-order valence-corrected chi connectivity index (χ1v) is 10.3. The predicted molar refractivity (Wildman–Crippen MR) is 114 cm³/mol. The summed E-state index contributed by atoms with van der Waals surface area (Å²) in [6, 6.07) is 30.7. The molecule has 0 aliphatic carbocycles. The van der Waals surface area contributed by atoms with E-state index in [-0.39, 0.29) is 0 Å². The highest BCUT2D eigenvalue weighted by atomic mass is 32.2. The van der Waals surface area contributed by atoms with Crippen molar-refractivity contribution in [1.29, 1.82) is 0 Å². The summed E-state index contributed by atoms with van der Waals surface area (Å²) in [4.78, 5) is 11.4. The van der Waals surface area contributed by atoms with E-state index in [1.807, 2.05) is 54.6 Å². The fraction of sp³-hybridized carbons (Fsp3) is 0.208. The van der Waals surface area contributed by atoms with Gasteiger partial charge in [-0.05, 0) is 36.1 Å². The molecular weight excluding hydrogens is 366 g/mol. The van der Waals surface area contributed by atoms with Crippen molar-refractivity contribution >= 4 is 17.7 Å². The minimum absolute atomic E-state index is 0.598. The number of carbonyl (C=O) groups is 1. The minimum atomic E-state index is -1.03. The van der Waals surface area contributed by atoms with Gasteiger partial charge >= 0.3 is 5.97 Å². The minimum Gasteiger partial charge on any atom is -0.479 e. The van der Waals surface area contributed by atoms with Crippen LogP contribution in [0.3, 0.4) is 0 Å². The number of hydrogen-bond donors (Lipinski definition) is 2. The van der Waals surface area contributed by atoms with Crippen molar-refractivity contribution in [1.82, 2.24) is 5.32 Å². The van der Waals surface area contributed by atoms with Crippen LogP contribution < -0.4 is 5.32 Å². The molecule has 1 heterocycles. The first-order valence-electron chi connectivity index (χ1n) is 9.53. The van der Waals surface area contributed by atoms with Crippen molar-refractivity contribution in [2.24, 2.45) is 0 Å². The summed E-state index contributed by atoms with van der Waals surface area (Å²) >= 11 is 1.50. The third-order valence-electron chi connectivity index (χ3n) is 5.33. The number of carboxylic acids is 1. The van der Waals surface area contributed by atoms with Gasteiger partial charge < -0.3 is 5.11 Å². The molecule has 0 bridgehead atoms. The summed E-state index contributed by atoms with van der Waals surface area (Å²) in [5.41, 5.74) is 3.23. The Morgan fingerprint density at radius 3 is 1.57 bits per heavy atom. The zero-order valence-corrected chi connectivity index (χ0v) is 16.4. The zero-order valence-electron chi connectivity index (χ0n) is 15.5. The summed E-state index contributed by atoms with van der Waals surface area (Å²) in [5, 5.41) is 13.5. The van der Waals surface area contributed by atoms with Crippen LogP contribution in [-0.2, 0) is 9.54 Å². The van der Waals surface area contributed by atoms with Crippen LogP contribution in [0.15, 0.2) is 91.0 Å². The molecular formula is C24H23NO2S. The Kier molecular flexibility index (Phi) is 5.25. The molecule has 3 aromatic rings. The van der Waals surface area contributed by atoms with E-state index in [1.165, 1.54) is 11.8 Å². The lowest BCUT2D eigenvalue weighted by Crippen LogP contribution is -2.48. The molecule has 3 aromatic carbocycles. The van der Waals surface area contributed by atoms with Crippen molar-refractivity contribution in [2.75, 3.05) is 6.54 Å². The van der Waals surface area contributed by atoms with Gasteiger partial charge in [-0.25, -0.2) is 4.79 Å². The fourth-order valence-electron chi connectivity index (χ4n) is 3.99. The molecule has 1 saturated heterocycles. The number of rotatable bonds is 6. The molecule has 1 aliphatic heterocycles. The maximum atomic E-state index is 12.4. The number of nitrogens with one attached hydrogen (secondary N) is 1. The van der Waals surface area contributed by atoms with Gasteiger partial charge in [0, 0.05) is 0 Å². The van der Waals surface area contributed by atoms with Gasteiger partial charge in [0.1, 0.15) is 0 Å². The number of aliphatic carboxylic acids is 1. The highest BCUT2D eigenvalue weighted by molar-refractivity contribution is 8.02. The second-order valence-electron chi connectivity index (χ2n) is 7.04. The van der Waals surface area contributed by atoms with Gasteiger partial charge in [0.05, 0.1) is 4.75 Å². The molecule has 4 heteroatoms. The molecule has 142 valence electrons.